The molecule has 1 saturated heterocycles. The van der Waals surface area contributed by atoms with E-state index in [1.165, 1.54) is 7.11 Å². The molecule has 0 aromatic rings. The Morgan fingerprint density at radius 1 is 1.64 bits per heavy atom. The molecule has 0 aromatic heterocycles. The fourth-order valence-electron chi connectivity index (χ4n) is 1.82. The summed E-state index contributed by atoms with van der Waals surface area (Å²) in [6.45, 7) is 0. The predicted octanol–water partition coefficient (Wildman–Crippen LogP) is 0.0759. The van der Waals surface area contributed by atoms with Crippen LogP contribution in [-0.2, 0) is 9.53 Å². The van der Waals surface area contributed by atoms with Gasteiger partial charge < -0.3 is 4.74 Å². The zero-order valence-corrected chi connectivity index (χ0v) is 6.41. The molecule has 2 bridgehead atoms. The zero-order valence-electron chi connectivity index (χ0n) is 6.41. The molecule has 60 valence electrons. The van der Waals surface area contributed by atoms with E-state index in [0.29, 0.717) is 12.0 Å². The smallest absolute Gasteiger partial charge is 0.323 e. The lowest BCUT2D eigenvalue weighted by Gasteiger charge is -2.15. The van der Waals surface area contributed by atoms with Gasteiger partial charge in [-0.3, -0.25) is 10.1 Å². The summed E-state index contributed by atoms with van der Waals surface area (Å²) in [4.78, 5) is 11.1. The molecule has 3 atom stereocenters. The second-order valence-corrected chi connectivity index (χ2v) is 3.06. The summed E-state index contributed by atoms with van der Waals surface area (Å²) in [6, 6.07) is 0.319. The molecule has 0 saturated carbocycles. The Morgan fingerprint density at radius 2 is 2.45 bits per heavy atom. The molecule has 1 N–H and O–H groups in total. The summed E-state index contributed by atoms with van der Waals surface area (Å²) in [5.74, 6) is 0.231. The molecular formula is C8H11NO2. The van der Waals surface area contributed by atoms with Gasteiger partial charge in [0.1, 0.15) is 6.04 Å². The van der Waals surface area contributed by atoms with Crippen LogP contribution in [0.25, 0.3) is 0 Å². The summed E-state index contributed by atoms with van der Waals surface area (Å²) in [5, 5.41) is 3.18. The lowest BCUT2D eigenvalue weighted by atomic mass is 10.0. The van der Waals surface area contributed by atoms with Crippen LogP contribution in [0, 0.1) is 5.92 Å². The van der Waals surface area contributed by atoms with Crippen LogP contribution in [0.4, 0.5) is 0 Å². The van der Waals surface area contributed by atoms with E-state index in [0.717, 1.165) is 6.42 Å². The van der Waals surface area contributed by atoms with Crippen molar-refractivity contribution in [3.8, 4) is 0 Å². The van der Waals surface area contributed by atoms with Crippen LogP contribution in [0.5, 0.6) is 0 Å². The normalized spacial score (nSPS) is 39.5. The van der Waals surface area contributed by atoms with Gasteiger partial charge >= 0.3 is 5.97 Å². The summed E-state index contributed by atoms with van der Waals surface area (Å²) in [6.07, 6.45) is 5.27. The van der Waals surface area contributed by atoms with Crippen molar-refractivity contribution in [2.24, 2.45) is 5.92 Å². The molecule has 2 rings (SSSR count). The van der Waals surface area contributed by atoms with Gasteiger partial charge in [0, 0.05) is 12.0 Å². The van der Waals surface area contributed by atoms with E-state index in [2.05, 4.69) is 22.2 Å². The number of hydrogen-bond acceptors (Lipinski definition) is 3. The Kier molecular flexibility index (Phi) is 1.46. The van der Waals surface area contributed by atoms with E-state index in [1.54, 1.807) is 0 Å². The second-order valence-electron chi connectivity index (χ2n) is 3.06. The number of rotatable bonds is 1. The number of ether oxygens (including phenoxy) is 1. The molecule has 1 fully saturated rings. The van der Waals surface area contributed by atoms with Gasteiger partial charge in [0.15, 0.2) is 0 Å². The van der Waals surface area contributed by atoms with Crippen molar-refractivity contribution in [1.29, 1.82) is 0 Å². The molecule has 11 heavy (non-hydrogen) atoms. The van der Waals surface area contributed by atoms with E-state index in [4.69, 9.17) is 0 Å². The summed E-state index contributed by atoms with van der Waals surface area (Å²) in [7, 11) is 1.43. The number of carbonyl (C=O) groups is 1. The third kappa shape index (κ3) is 0.959. The van der Waals surface area contributed by atoms with Gasteiger partial charge in [0.05, 0.1) is 7.11 Å². The summed E-state index contributed by atoms with van der Waals surface area (Å²) < 4.78 is 4.65. The maximum atomic E-state index is 11.1. The van der Waals surface area contributed by atoms with Crippen molar-refractivity contribution in [3.05, 3.63) is 12.2 Å². The first-order valence-electron chi connectivity index (χ1n) is 3.83. The lowest BCUT2D eigenvalue weighted by molar-refractivity contribution is -0.143. The molecule has 1 heterocycles. The number of nitrogens with one attached hydrogen (secondary N) is 1. The van der Waals surface area contributed by atoms with E-state index < -0.39 is 0 Å². The van der Waals surface area contributed by atoms with Crippen LogP contribution in [-0.4, -0.2) is 25.2 Å². The van der Waals surface area contributed by atoms with Crippen LogP contribution in [0.1, 0.15) is 6.42 Å². The molecule has 3 nitrogen and oxygen atoms in total. The van der Waals surface area contributed by atoms with Gasteiger partial charge in [-0.2, -0.15) is 0 Å². The number of esters is 1. The van der Waals surface area contributed by atoms with E-state index in [9.17, 15) is 4.79 Å². The average molecular weight is 153 g/mol. The number of hydrogen-bond donors (Lipinski definition) is 1. The van der Waals surface area contributed by atoms with Crippen LogP contribution in [0.15, 0.2) is 12.2 Å². The molecule has 2 aliphatic rings. The first-order valence-corrected chi connectivity index (χ1v) is 3.83. The number of methoxy groups -OCH3 is 1. The van der Waals surface area contributed by atoms with Gasteiger partial charge in [0.2, 0.25) is 0 Å². The minimum absolute atomic E-state index is 0.0880. The minimum atomic E-state index is -0.137. The van der Waals surface area contributed by atoms with Crippen LogP contribution < -0.4 is 5.32 Å². The van der Waals surface area contributed by atoms with Crippen molar-refractivity contribution in [3.63, 3.8) is 0 Å². The Labute approximate surface area is 65.4 Å². The highest BCUT2D eigenvalue weighted by Gasteiger charge is 2.39. The first-order chi connectivity index (χ1) is 5.31. The SMILES string of the molecule is COC(=O)C1NC2C=CC1C2. The Balaban J connectivity index is 2.08. The molecular weight excluding hydrogens is 142 g/mol. The van der Waals surface area contributed by atoms with Gasteiger partial charge in [-0.15, -0.1) is 0 Å². The molecule has 1 aliphatic carbocycles. The molecule has 0 aromatic carbocycles. The highest BCUT2D eigenvalue weighted by atomic mass is 16.5. The Morgan fingerprint density at radius 3 is 2.91 bits per heavy atom. The van der Waals surface area contributed by atoms with Crippen molar-refractivity contribution < 1.29 is 9.53 Å². The van der Waals surface area contributed by atoms with Crippen LogP contribution >= 0.6 is 0 Å². The highest BCUT2D eigenvalue weighted by molar-refractivity contribution is 5.77. The van der Waals surface area contributed by atoms with Crippen molar-refractivity contribution >= 4 is 5.97 Å². The van der Waals surface area contributed by atoms with Gasteiger partial charge in [-0.25, -0.2) is 0 Å². The van der Waals surface area contributed by atoms with Gasteiger partial charge in [-0.05, 0) is 6.42 Å². The van der Waals surface area contributed by atoms with E-state index in [-0.39, 0.29) is 12.0 Å². The lowest BCUT2D eigenvalue weighted by Crippen LogP contribution is -2.40. The molecule has 0 amide bonds. The number of fused-ring (bicyclic) bond motifs is 2. The molecule has 3 heteroatoms. The standard InChI is InChI=1S/C8H11NO2/c1-11-8(10)7-5-2-3-6(4-5)9-7/h2-3,5-7,9H,4H2,1H3. The monoisotopic (exact) mass is 153 g/mol. The summed E-state index contributed by atoms with van der Waals surface area (Å²) in [5.41, 5.74) is 0. The fourth-order valence-corrected chi connectivity index (χ4v) is 1.82. The number of carbonyl (C=O) groups excluding carboxylic acids is 1. The second kappa shape index (κ2) is 2.34. The summed E-state index contributed by atoms with van der Waals surface area (Å²) >= 11 is 0. The quantitative estimate of drug-likeness (QED) is 0.428. The third-order valence-electron chi connectivity index (χ3n) is 2.39. The molecule has 0 spiro atoms. The Bertz CT molecular complexity index is 212. The van der Waals surface area contributed by atoms with Gasteiger partial charge in [-0.1, -0.05) is 12.2 Å². The van der Waals surface area contributed by atoms with Crippen molar-refractivity contribution in [2.75, 3.05) is 7.11 Å². The molecule has 0 radical (unpaired) electrons. The zero-order chi connectivity index (χ0) is 7.84. The molecule has 3 unspecified atom stereocenters. The minimum Gasteiger partial charge on any atom is -0.468 e. The average Bonchev–Trinajstić information content (AvgIpc) is 2.62. The van der Waals surface area contributed by atoms with Crippen LogP contribution in [0.3, 0.4) is 0 Å². The topological polar surface area (TPSA) is 38.3 Å². The van der Waals surface area contributed by atoms with E-state index >= 15 is 0 Å². The third-order valence-corrected chi connectivity index (χ3v) is 2.39. The highest BCUT2D eigenvalue weighted by Crippen LogP contribution is 2.29. The van der Waals surface area contributed by atoms with E-state index in [1.807, 2.05) is 0 Å². The maximum absolute atomic E-state index is 11.1. The van der Waals surface area contributed by atoms with Crippen molar-refractivity contribution in [1.82, 2.24) is 5.32 Å². The van der Waals surface area contributed by atoms with Gasteiger partial charge in [0.25, 0.3) is 0 Å². The van der Waals surface area contributed by atoms with Crippen LogP contribution in [0.2, 0.25) is 0 Å². The first kappa shape index (κ1) is 6.85. The maximum Gasteiger partial charge on any atom is 0.323 e. The predicted molar refractivity (Wildman–Crippen MR) is 40.0 cm³/mol. The fraction of sp³-hybridized carbons (Fsp3) is 0.625. The largest absolute Gasteiger partial charge is 0.468 e. The molecule has 1 aliphatic heterocycles. The Hall–Kier alpha value is -0.830. The van der Waals surface area contributed by atoms with Crippen molar-refractivity contribution in [2.45, 2.75) is 18.5 Å².